The van der Waals surface area contributed by atoms with Gasteiger partial charge in [0.05, 0.1) is 5.60 Å². The van der Waals surface area contributed by atoms with Gasteiger partial charge in [0.25, 0.3) is 0 Å². The van der Waals surface area contributed by atoms with Crippen molar-refractivity contribution in [1.29, 1.82) is 0 Å². The van der Waals surface area contributed by atoms with Gasteiger partial charge in [-0.25, -0.2) is 0 Å². The van der Waals surface area contributed by atoms with Crippen LogP contribution in [0.1, 0.15) is 32.1 Å². The van der Waals surface area contributed by atoms with E-state index in [1.807, 2.05) is 4.90 Å². The number of carbonyl (C=O) groups excluding carboxylic acids is 1. The number of ether oxygens (including phenoxy) is 1. The first-order valence-corrected chi connectivity index (χ1v) is 5.81. The lowest BCUT2D eigenvalue weighted by Crippen LogP contribution is -2.33. The molecule has 0 N–H and O–H groups in total. The molecule has 0 radical (unpaired) electrons. The first-order chi connectivity index (χ1) is 7.26. The summed E-state index contributed by atoms with van der Waals surface area (Å²) in [5.74, 6) is 0.0602. The van der Waals surface area contributed by atoms with E-state index in [9.17, 15) is 4.79 Å². The highest BCUT2D eigenvalue weighted by atomic mass is 16.5. The zero-order valence-corrected chi connectivity index (χ0v) is 9.21. The summed E-state index contributed by atoms with van der Waals surface area (Å²) in [6, 6.07) is 0. The molecule has 15 heavy (non-hydrogen) atoms. The lowest BCUT2D eigenvalue weighted by atomic mass is 9.92. The topological polar surface area (TPSA) is 29.5 Å². The van der Waals surface area contributed by atoms with E-state index in [4.69, 9.17) is 4.74 Å². The molecule has 2 heterocycles. The smallest absolute Gasteiger partial charge is 0.245 e. The quantitative estimate of drug-likeness (QED) is 0.616. The van der Waals surface area contributed by atoms with E-state index in [0.717, 1.165) is 39.0 Å². The predicted octanol–water partition coefficient (Wildman–Crippen LogP) is 1.73. The Morgan fingerprint density at radius 3 is 2.73 bits per heavy atom. The van der Waals surface area contributed by atoms with E-state index in [1.54, 1.807) is 0 Å². The van der Waals surface area contributed by atoms with Crippen molar-refractivity contribution in [2.75, 3.05) is 19.7 Å². The fraction of sp³-hybridized carbons (Fsp3) is 0.750. The van der Waals surface area contributed by atoms with Crippen molar-refractivity contribution in [1.82, 2.24) is 4.90 Å². The summed E-state index contributed by atoms with van der Waals surface area (Å²) in [4.78, 5) is 13.4. The predicted molar refractivity (Wildman–Crippen MR) is 58.5 cm³/mol. The molecule has 2 aliphatic rings. The van der Waals surface area contributed by atoms with Gasteiger partial charge < -0.3 is 9.64 Å². The lowest BCUT2D eigenvalue weighted by molar-refractivity contribution is -0.126. The Morgan fingerprint density at radius 1 is 1.27 bits per heavy atom. The highest BCUT2D eigenvalue weighted by Gasteiger charge is 2.36. The Bertz CT molecular complexity index is 256. The van der Waals surface area contributed by atoms with Gasteiger partial charge >= 0.3 is 0 Å². The van der Waals surface area contributed by atoms with Crippen LogP contribution < -0.4 is 0 Å². The molecule has 0 aromatic heterocycles. The fourth-order valence-electron chi connectivity index (χ4n) is 2.67. The molecule has 1 spiro atoms. The number of carbonyl (C=O) groups is 1. The third kappa shape index (κ3) is 2.23. The summed E-state index contributed by atoms with van der Waals surface area (Å²) in [6.45, 7) is 6.11. The second kappa shape index (κ2) is 4.35. The Morgan fingerprint density at radius 2 is 2.07 bits per heavy atom. The molecule has 0 bridgehead atoms. The Balaban J connectivity index is 1.97. The number of rotatable bonds is 1. The van der Waals surface area contributed by atoms with Crippen LogP contribution in [0.25, 0.3) is 0 Å². The molecule has 3 heteroatoms. The van der Waals surface area contributed by atoms with E-state index in [1.165, 1.54) is 18.9 Å². The van der Waals surface area contributed by atoms with Crippen LogP contribution in [-0.2, 0) is 9.53 Å². The van der Waals surface area contributed by atoms with Crippen molar-refractivity contribution in [2.24, 2.45) is 0 Å². The maximum atomic E-state index is 11.5. The molecule has 3 nitrogen and oxygen atoms in total. The summed E-state index contributed by atoms with van der Waals surface area (Å²) in [7, 11) is 0. The lowest BCUT2D eigenvalue weighted by Gasteiger charge is -2.26. The molecule has 2 saturated heterocycles. The highest BCUT2D eigenvalue weighted by molar-refractivity contribution is 5.86. The maximum absolute atomic E-state index is 11.5. The van der Waals surface area contributed by atoms with Crippen LogP contribution in [-0.4, -0.2) is 36.1 Å². The third-order valence-electron chi connectivity index (χ3n) is 3.57. The zero-order chi connectivity index (χ0) is 10.7. The molecule has 2 rings (SSSR count). The molecule has 0 aromatic rings. The summed E-state index contributed by atoms with van der Waals surface area (Å²) in [5, 5.41) is 0. The number of nitrogens with zero attached hydrogens (tertiary/aromatic N) is 1. The molecule has 0 aliphatic carbocycles. The van der Waals surface area contributed by atoms with Crippen molar-refractivity contribution in [3.8, 4) is 0 Å². The minimum absolute atomic E-state index is 0.0602. The summed E-state index contributed by atoms with van der Waals surface area (Å²) in [5.41, 5.74) is 0.0935. The molecule has 1 atom stereocenters. The standard InChI is InChI=1S/C12H19NO2/c1-2-11(14)13-8-3-5-12(7-9-13)6-4-10-15-12/h2H,1,3-10H2. The average Bonchev–Trinajstić information content (AvgIpc) is 2.60. The highest BCUT2D eigenvalue weighted by Crippen LogP contribution is 2.35. The second-order valence-electron chi connectivity index (χ2n) is 4.52. The average molecular weight is 209 g/mol. The van der Waals surface area contributed by atoms with Gasteiger partial charge in [0, 0.05) is 19.7 Å². The van der Waals surface area contributed by atoms with Gasteiger partial charge in [-0.2, -0.15) is 0 Å². The summed E-state index contributed by atoms with van der Waals surface area (Å²) >= 11 is 0. The monoisotopic (exact) mass is 209 g/mol. The van der Waals surface area contributed by atoms with E-state index in [0.29, 0.717) is 0 Å². The van der Waals surface area contributed by atoms with Crippen molar-refractivity contribution >= 4 is 5.91 Å². The van der Waals surface area contributed by atoms with E-state index < -0.39 is 0 Å². The van der Waals surface area contributed by atoms with Crippen LogP contribution in [0.5, 0.6) is 0 Å². The minimum atomic E-state index is 0.0602. The maximum Gasteiger partial charge on any atom is 0.245 e. The van der Waals surface area contributed by atoms with Crippen molar-refractivity contribution in [3.63, 3.8) is 0 Å². The van der Waals surface area contributed by atoms with Gasteiger partial charge in [0.1, 0.15) is 0 Å². The van der Waals surface area contributed by atoms with Crippen molar-refractivity contribution < 1.29 is 9.53 Å². The Hall–Kier alpha value is -0.830. The van der Waals surface area contributed by atoms with E-state index in [-0.39, 0.29) is 11.5 Å². The van der Waals surface area contributed by atoms with Crippen LogP contribution in [0.4, 0.5) is 0 Å². The largest absolute Gasteiger partial charge is 0.375 e. The molecule has 1 unspecified atom stereocenters. The Labute approximate surface area is 91.1 Å². The molecular formula is C12H19NO2. The van der Waals surface area contributed by atoms with Crippen molar-refractivity contribution in [3.05, 3.63) is 12.7 Å². The van der Waals surface area contributed by atoms with Gasteiger partial charge in [-0.3, -0.25) is 4.79 Å². The molecular weight excluding hydrogens is 190 g/mol. The van der Waals surface area contributed by atoms with E-state index in [2.05, 4.69) is 6.58 Å². The molecule has 0 aromatic carbocycles. The van der Waals surface area contributed by atoms with Crippen LogP contribution in [0.2, 0.25) is 0 Å². The first-order valence-electron chi connectivity index (χ1n) is 5.81. The summed E-state index contributed by atoms with van der Waals surface area (Å²) < 4.78 is 5.86. The second-order valence-corrected chi connectivity index (χ2v) is 4.52. The number of hydrogen-bond donors (Lipinski definition) is 0. The fourth-order valence-corrected chi connectivity index (χ4v) is 2.67. The number of hydrogen-bond acceptors (Lipinski definition) is 2. The molecule has 2 fully saturated rings. The van der Waals surface area contributed by atoms with Crippen LogP contribution in [0.3, 0.4) is 0 Å². The SMILES string of the molecule is C=CC(=O)N1CCCC2(CCCO2)CC1. The molecule has 84 valence electrons. The summed E-state index contributed by atoms with van der Waals surface area (Å²) in [6.07, 6.45) is 6.91. The van der Waals surface area contributed by atoms with Gasteiger partial charge in [0.15, 0.2) is 0 Å². The molecule has 0 saturated carbocycles. The Kier molecular flexibility index (Phi) is 3.10. The van der Waals surface area contributed by atoms with Crippen molar-refractivity contribution in [2.45, 2.75) is 37.7 Å². The third-order valence-corrected chi connectivity index (χ3v) is 3.57. The van der Waals surface area contributed by atoms with Crippen LogP contribution in [0.15, 0.2) is 12.7 Å². The zero-order valence-electron chi connectivity index (χ0n) is 9.21. The van der Waals surface area contributed by atoms with Gasteiger partial charge in [-0.1, -0.05) is 6.58 Å². The number of likely N-dealkylation sites (tertiary alicyclic amines) is 1. The minimum Gasteiger partial charge on any atom is -0.375 e. The molecule has 2 aliphatic heterocycles. The van der Waals surface area contributed by atoms with Crippen LogP contribution in [0, 0.1) is 0 Å². The van der Waals surface area contributed by atoms with Crippen LogP contribution >= 0.6 is 0 Å². The van der Waals surface area contributed by atoms with Gasteiger partial charge in [0.2, 0.25) is 5.91 Å². The van der Waals surface area contributed by atoms with Gasteiger partial charge in [-0.15, -0.1) is 0 Å². The van der Waals surface area contributed by atoms with Gasteiger partial charge in [-0.05, 0) is 38.2 Å². The van der Waals surface area contributed by atoms with E-state index >= 15 is 0 Å². The molecule has 1 amide bonds. The first kappa shape index (κ1) is 10.7. The number of amides is 1. The normalized spacial score (nSPS) is 31.6.